The third kappa shape index (κ3) is 6.35. The van der Waals surface area contributed by atoms with E-state index >= 15 is 0 Å². The molecule has 2 aromatic carbocycles. The molecule has 1 amide bonds. The molecule has 1 heterocycles. The van der Waals surface area contributed by atoms with E-state index in [4.69, 9.17) is 0 Å². The van der Waals surface area contributed by atoms with Crippen molar-refractivity contribution in [2.45, 2.75) is 44.4 Å². The van der Waals surface area contributed by atoms with Crippen LogP contribution >= 0.6 is 11.8 Å². The Morgan fingerprint density at radius 2 is 1.77 bits per heavy atom. The number of carbonyl (C=O) groups is 1. The fourth-order valence-corrected chi connectivity index (χ4v) is 4.08. The average Bonchev–Trinajstić information content (AvgIpc) is 3.10. The lowest BCUT2D eigenvalue weighted by atomic mass is 9.97. The molecule has 1 atom stereocenters. The van der Waals surface area contributed by atoms with Crippen molar-refractivity contribution >= 4 is 17.7 Å². The number of nitrogens with one attached hydrogen (secondary N) is 2. The summed E-state index contributed by atoms with van der Waals surface area (Å²) >= 11 is 1.28. The van der Waals surface area contributed by atoms with Crippen molar-refractivity contribution in [1.82, 2.24) is 20.1 Å². The fraction of sp³-hybridized carbons (Fsp3) is 0.348. The highest BCUT2D eigenvalue weighted by Crippen LogP contribution is 2.22. The van der Waals surface area contributed by atoms with Crippen LogP contribution in [-0.2, 0) is 17.8 Å². The lowest BCUT2D eigenvalue weighted by Crippen LogP contribution is -2.31. The van der Waals surface area contributed by atoms with Gasteiger partial charge in [-0.3, -0.25) is 9.36 Å². The highest BCUT2D eigenvalue weighted by atomic mass is 32.2. The van der Waals surface area contributed by atoms with E-state index in [1.165, 1.54) is 11.8 Å². The molecule has 0 fully saturated rings. The molecule has 0 saturated heterocycles. The number of hydrogen-bond acceptors (Lipinski definition) is 4. The Morgan fingerprint density at radius 1 is 1.10 bits per heavy atom. The molecule has 158 valence electrons. The minimum atomic E-state index is -0.254. The van der Waals surface area contributed by atoms with Gasteiger partial charge in [0.05, 0.1) is 11.8 Å². The third-order valence-corrected chi connectivity index (χ3v) is 5.74. The normalized spacial score (nSPS) is 12.1. The maximum Gasteiger partial charge on any atom is 0.343 e. The van der Waals surface area contributed by atoms with Gasteiger partial charge in [-0.15, -0.1) is 5.10 Å². The second-order valence-corrected chi connectivity index (χ2v) is 8.59. The zero-order valence-electron chi connectivity index (χ0n) is 17.4. The van der Waals surface area contributed by atoms with E-state index in [-0.39, 0.29) is 23.4 Å². The van der Waals surface area contributed by atoms with E-state index < -0.39 is 0 Å². The molecule has 6 nitrogen and oxygen atoms in total. The first kappa shape index (κ1) is 21.9. The number of nitrogens with zero attached hydrogens (tertiary/aromatic N) is 2. The molecule has 0 spiro atoms. The summed E-state index contributed by atoms with van der Waals surface area (Å²) in [7, 11) is 0. The summed E-state index contributed by atoms with van der Waals surface area (Å²) in [6, 6.07) is 20.0. The molecule has 1 aromatic heterocycles. The zero-order valence-corrected chi connectivity index (χ0v) is 18.2. The third-order valence-electron chi connectivity index (χ3n) is 4.77. The van der Waals surface area contributed by atoms with Gasteiger partial charge in [-0.1, -0.05) is 86.3 Å². The molecule has 0 aliphatic rings. The predicted octanol–water partition coefficient (Wildman–Crippen LogP) is 3.81. The Morgan fingerprint density at radius 3 is 2.43 bits per heavy atom. The predicted molar refractivity (Wildman–Crippen MR) is 120 cm³/mol. The summed E-state index contributed by atoms with van der Waals surface area (Å²) < 4.78 is 1.59. The van der Waals surface area contributed by atoms with Crippen molar-refractivity contribution in [2.75, 3.05) is 5.75 Å². The standard InChI is InChI=1S/C23H28N4O2S/c1-17(2)15-20(19-11-7-4-8-12-19)24-21(28)16-30-23-26-25-22(29)27(23)14-13-18-9-5-3-6-10-18/h3-12,17,20H,13-16H2,1-2H3,(H,24,28)(H,25,29). The molecule has 0 bridgehead atoms. The van der Waals surface area contributed by atoms with E-state index in [0.29, 0.717) is 17.6 Å². The van der Waals surface area contributed by atoms with Crippen molar-refractivity contribution in [3.63, 3.8) is 0 Å². The van der Waals surface area contributed by atoms with Gasteiger partial charge in [-0.05, 0) is 29.9 Å². The average molecular weight is 425 g/mol. The van der Waals surface area contributed by atoms with E-state index in [9.17, 15) is 9.59 Å². The van der Waals surface area contributed by atoms with Crippen molar-refractivity contribution in [1.29, 1.82) is 0 Å². The Hall–Kier alpha value is -2.80. The maximum absolute atomic E-state index is 12.6. The van der Waals surface area contributed by atoms with Gasteiger partial charge in [0, 0.05) is 6.54 Å². The maximum atomic E-state index is 12.6. The number of thioether (sulfide) groups is 1. The fourth-order valence-electron chi connectivity index (χ4n) is 3.30. The topological polar surface area (TPSA) is 79.8 Å². The van der Waals surface area contributed by atoms with Crippen LogP contribution in [0.25, 0.3) is 0 Å². The summed E-state index contributed by atoms with van der Waals surface area (Å²) in [5.74, 6) is 0.592. The van der Waals surface area contributed by atoms with Crippen LogP contribution in [0.1, 0.15) is 37.4 Å². The van der Waals surface area contributed by atoms with E-state index in [1.54, 1.807) is 4.57 Å². The van der Waals surface area contributed by atoms with Crippen LogP contribution in [0.5, 0.6) is 0 Å². The van der Waals surface area contributed by atoms with Crippen molar-refractivity contribution in [3.05, 3.63) is 82.3 Å². The van der Waals surface area contributed by atoms with Crippen LogP contribution in [0.15, 0.2) is 70.6 Å². The zero-order chi connectivity index (χ0) is 21.3. The number of aromatic amines is 1. The number of amides is 1. The molecule has 3 rings (SSSR count). The largest absolute Gasteiger partial charge is 0.349 e. The number of benzene rings is 2. The van der Waals surface area contributed by atoms with Crippen LogP contribution in [-0.4, -0.2) is 26.4 Å². The molecular weight excluding hydrogens is 396 g/mol. The number of carbonyl (C=O) groups excluding carboxylic acids is 1. The number of H-pyrrole nitrogens is 1. The number of hydrogen-bond donors (Lipinski definition) is 2. The van der Waals surface area contributed by atoms with Crippen molar-refractivity contribution in [2.24, 2.45) is 5.92 Å². The number of aromatic nitrogens is 3. The quantitative estimate of drug-likeness (QED) is 0.485. The van der Waals surface area contributed by atoms with E-state index in [0.717, 1.165) is 24.0 Å². The first-order valence-corrected chi connectivity index (χ1v) is 11.2. The van der Waals surface area contributed by atoms with Crippen LogP contribution in [0.3, 0.4) is 0 Å². The molecule has 0 radical (unpaired) electrons. The number of rotatable bonds is 10. The minimum absolute atomic E-state index is 0.0289. The highest BCUT2D eigenvalue weighted by molar-refractivity contribution is 7.99. The van der Waals surface area contributed by atoms with Gasteiger partial charge in [0.1, 0.15) is 0 Å². The van der Waals surface area contributed by atoms with Gasteiger partial charge < -0.3 is 5.32 Å². The Labute approximate surface area is 181 Å². The van der Waals surface area contributed by atoms with E-state index in [2.05, 4.69) is 29.4 Å². The summed E-state index contributed by atoms with van der Waals surface area (Å²) in [5.41, 5.74) is 2.00. The molecule has 2 N–H and O–H groups in total. The van der Waals surface area contributed by atoms with Gasteiger partial charge in [0.2, 0.25) is 5.91 Å². The molecule has 3 aromatic rings. The summed E-state index contributed by atoms with van der Waals surface area (Å²) in [4.78, 5) is 24.7. The molecule has 0 saturated carbocycles. The van der Waals surface area contributed by atoms with Crippen molar-refractivity contribution in [3.8, 4) is 0 Å². The Bertz CT molecular complexity index is 983. The number of aryl methyl sites for hydroxylation is 1. The smallest absolute Gasteiger partial charge is 0.343 e. The molecule has 0 aliphatic carbocycles. The highest BCUT2D eigenvalue weighted by Gasteiger charge is 2.17. The monoisotopic (exact) mass is 424 g/mol. The summed E-state index contributed by atoms with van der Waals surface area (Å²) in [6.07, 6.45) is 1.59. The molecule has 30 heavy (non-hydrogen) atoms. The molecule has 0 aliphatic heterocycles. The second kappa shape index (κ2) is 10.8. The van der Waals surface area contributed by atoms with Gasteiger partial charge in [0.25, 0.3) is 0 Å². The first-order chi connectivity index (χ1) is 14.5. The van der Waals surface area contributed by atoms with Crippen LogP contribution in [0, 0.1) is 5.92 Å². The summed E-state index contributed by atoms with van der Waals surface area (Å²) in [5, 5.41) is 10.3. The Balaban J connectivity index is 1.59. The van der Waals surface area contributed by atoms with Gasteiger partial charge >= 0.3 is 5.69 Å². The molecule has 1 unspecified atom stereocenters. The van der Waals surface area contributed by atoms with Gasteiger partial charge in [-0.2, -0.15) is 0 Å². The summed E-state index contributed by atoms with van der Waals surface area (Å²) in [6.45, 7) is 4.81. The Kier molecular flexibility index (Phi) is 7.90. The van der Waals surface area contributed by atoms with E-state index in [1.807, 2.05) is 60.7 Å². The molecule has 7 heteroatoms. The van der Waals surface area contributed by atoms with Gasteiger partial charge in [-0.25, -0.2) is 9.89 Å². The lowest BCUT2D eigenvalue weighted by molar-refractivity contribution is -0.119. The van der Waals surface area contributed by atoms with Gasteiger partial charge in [0.15, 0.2) is 5.16 Å². The lowest BCUT2D eigenvalue weighted by Gasteiger charge is -2.21. The molecular formula is C23H28N4O2S. The van der Waals surface area contributed by atoms with Crippen molar-refractivity contribution < 1.29 is 4.79 Å². The van der Waals surface area contributed by atoms with Crippen LogP contribution < -0.4 is 11.0 Å². The first-order valence-electron chi connectivity index (χ1n) is 10.2. The SMILES string of the molecule is CC(C)CC(NC(=O)CSc1n[nH]c(=O)n1CCc1ccccc1)c1ccccc1. The van der Waals surface area contributed by atoms with Crippen LogP contribution in [0.4, 0.5) is 0 Å². The second-order valence-electron chi connectivity index (χ2n) is 7.65. The minimum Gasteiger partial charge on any atom is -0.349 e. The van der Waals surface area contributed by atoms with Crippen LogP contribution in [0.2, 0.25) is 0 Å².